The number of nitrogens with one attached hydrogen (secondary N) is 1. The minimum atomic E-state index is 0.0576. The van der Waals surface area contributed by atoms with E-state index in [2.05, 4.69) is 60.5 Å². The van der Waals surface area contributed by atoms with Crippen LogP contribution in [-0.4, -0.2) is 50.8 Å². The molecule has 1 aromatic carbocycles. The van der Waals surface area contributed by atoms with Gasteiger partial charge >= 0.3 is 0 Å². The van der Waals surface area contributed by atoms with Crippen molar-refractivity contribution in [2.24, 2.45) is 5.92 Å². The van der Waals surface area contributed by atoms with Crippen LogP contribution in [0.2, 0.25) is 0 Å². The molecule has 29 heavy (non-hydrogen) atoms. The summed E-state index contributed by atoms with van der Waals surface area (Å²) in [4.78, 5) is 14.8. The van der Waals surface area contributed by atoms with Crippen LogP contribution in [0.15, 0.2) is 41.8 Å². The number of benzene rings is 1. The highest BCUT2D eigenvalue weighted by Gasteiger charge is 2.25. The van der Waals surface area contributed by atoms with E-state index in [-0.39, 0.29) is 11.8 Å². The maximum absolute atomic E-state index is 12.6. The number of carbonyl (C=O) groups excluding carboxylic acids is 1. The van der Waals surface area contributed by atoms with Crippen LogP contribution in [0.4, 0.5) is 5.82 Å². The molecule has 5 rings (SSSR count). The summed E-state index contributed by atoms with van der Waals surface area (Å²) >= 11 is 1.76. The van der Waals surface area contributed by atoms with Crippen LogP contribution in [0.1, 0.15) is 18.4 Å². The van der Waals surface area contributed by atoms with E-state index in [1.54, 1.807) is 11.3 Å². The molecule has 9 heteroatoms. The van der Waals surface area contributed by atoms with E-state index in [0.717, 1.165) is 38.2 Å². The van der Waals surface area contributed by atoms with Crippen LogP contribution in [-0.2, 0) is 11.2 Å². The van der Waals surface area contributed by atoms with Gasteiger partial charge in [0.15, 0.2) is 11.5 Å². The number of carbonyl (C=O) groups is 1. The van der Waals surface area contributed by atoms with Crippen molar-refractivity contribution in [3.8, 4) is 0 Å². The maximum atomic E-state index is 12.6. The molecule has 3 aromatic heterocycles. The Hall–Kier alpha value is -3.07. The Morgan fingerprint density at radius 3 is 2.93 bits per heavy atom. The molecule has 1 fully saturated rings. The largest absolute Gasteiger partial charge is 0.356 e. The lowest BCUT2D eigenvalue weighted by molar-refractivity contribution is -0.125. The first kappa shape index (κ1) is 18.0. The van der Waals surface area contributed by atoms with E-state index < -0.39 is 0 Å². The smallest absolute Gasteiger partial charge is 0.223 e. The minimum Gasteiger partial charge on any atom is -0.356 e. The van der Waals surface area contributed by atoms with Crippen LogP contribution in [0.5, 0.6) is 0 Å². The zero-order valence-corrected chi connectivity index (χ0v) is 16.7. The van der Waals surface area contributed by atoms with Crippen LogP contribution < -0.4 is 10.2 Å². The van der Waals surface area contributed by atoms with Gasteiger partial charge in [0.1, 0.15) is 0 Å². The van der Waals surface area contributed by atoms with Crippen molar-refractivity contribution >= 4 is 38.8 Å². The lowest BCUT2D eigenvalue weighted by Crippen LogP contribution is -2.41. The molecule has 0 spiro atoms. The highest BCUT2D eigenvalue weighted by molar-refractivity contribution is 7.17. The topological polar surface area (TPSA) is 88.3 Å². The minimum absolute atomic E-state index is 0.0576. The van der Waals surface area contributed by atoms with Gasteiger partial charge in [-0.2, -0.15) is 0 Å². The molecule has 0 atom stereocenters. The SMILES string of the molecule is O=C(NCCc1csc2ccccc12)C1CCN(c2ccc3nnnn3n2)CC1. The number of thiophene rings is 1. The lowest BCUT2D eigenvalue weighted by Gasteiger charge is -2.31. The number of fused-ring (bicyclic) bond motifs is 2. The average Bonchev–Trinajstić information content (AvgIpc) is 3.40. The van der Waals surface area contributed by atoms with Gasteiger partial charge in [-0.1, -0.05) is 18.2 Å². The molecule has 0 unspecified atom stereocenters. The Kier molecular flexibility index (Phi) is 4.81. The van der Waals surface area contributed by atoms with Crippen LogP contribution in [0, 0.1) is 5.92 Å². The third-order valence-electron chi connectivity index (χ3n) is 5.50. The molecular weight excluding hydrogens is 386 g/mol. The molecule has 1 aliphatic rings. The molecule has 1 amide bonds. The molecule has 1 aliphatic heterocycles. The van der Waals surface area contributed by atoms with E-state index in [1.807, 2.05) is 12.1 Å². The second-order valence-corrected chi connectivity index (χ2v) is 8.19. The Bertz CT molecular complexity index is 1150. The van der Waals surface area contributed by atoms with Crippen molar-refractivity contribution in [3.63, 3.8) is 0 Å². The summed E-state index contributed by atoms with van der Waals surface area (Å²) in [6, 6.07) is 12.2. The Morgan fingerprint density at radius 2 is 2.03 bits per heavy atom. The predicted molar refractivity (Wildman–Crippen MR) is 112 cm³/mol. The number of hydrogen-bond donors (Lipinski definition) is 1. The van der Waals surface area contributed by atoms with Crippen molar-refractivity contribution in [1.82, 2.24) is 30.6 Å². The van der Waals surface area contributed by atoms with Gasteiger partial charge in [0.25, 0.3) is 0 Å². The number of hydrogen-bond acceptors (Lipinski definition) is 7. The number of aromatic nitrogens is 5. The number of tetrazole rings is 1. The first-order valence-corrected chi connectivity index (χ1v) is 10.7. The molecule has 0 saturated carbocycles. The van der Waals surface area contributed by atoms with Gasteiger partial charge in [-0.15, -0.1) is 26.2 Å². The van der Waals surface area contributed by atoms with Gasteiger partial charge in [-0.3, -0.25) is 4.79 Å². The number of rotatable bonds is 5. The second kappa shape index (κ2) is 7.75. The summed E-state index contributed by atoms with van der Waals surface area (Å²) in [6.45, 7) is 2.28. The van der Waals surface area contributed by atoms with Gasteiger partial charge < -0.3 is 10.2 Å². The molecule has 0 aliphatic carbocycles. The number of nitrogens with zero attached hydrogens (tertiary/aromatic N) is 6. The monoisotopic (exact) mass is 407 g/mol. The highest BCUT2D eigenvalue weighted by Crippen LogP contribution is 2.26. The fourth-order valence-electron chi connectivity index (χ4n) is 3.87. The molecule has 0 bridgehead atoms. The fraction of sp³-hybridized carbons (Fsp3) is 0.350. The summed E-state index contributed by atoms with van der Waals surface area (Å²) in [7, 11) is 0. The van der Waals surface area contributed by atoms with Crippen molar-refractivity contribution in [2.75, 3.05) is 24.5 Å². The van der Waals surface area contributed by atoms with Gasteiger partial charge in [0.05, 0.1) is 0 Å². The summed E-state index contributed by atoms with van der Waals surface area (Å²) in [5.41, 5.74) is 1.94. The molecule has 4 heterocycles. The predicted octanol–water partition coefficient (Wildman–Crippen LogP) is 2.31. The van der Waals surface area contributed by atoms with E-state index in [1.165, 1.54) is 20.3 Å². The fourth-order valence-corrected chi connectivity index (χ4v) is 4.87. The summed E-state index contributed by atoms with van der Waals surface area (Å²) < 4.78 is 2.73. The first-order valence-electron chi connectivity index (χ1n) is 9.81. The third kappa shape index (κ3) is 3.65. The Labute approximate surface area is 171 Å². The van der Waals surface area contributed by atoms with Gasteiger partial charge in [0.2, 0.25) is 5.91 Å². The van der Waals surface area contributed by atoms with E-state index in [4.69, 9.17) is 0 Å². The lowest BCUT2D eigenvalue weighted by atomic mass is 9.96. The molecular formula is C20H21N7OS. The quantitative estimate of drug-likeness (QED) is 0.546. The van der Waals surface area contributed by atoms with E-state index in [9.17, 15) is 4.79 Å². The first-order chi connectivity index (χ1) is 14.3. The molecule has 4 aromatic rings. The average molecular weight is 408 g/mol. The molecule has 0 radical (unpaired) electrons. The summed E-state index contributed by atoms with van der Waals surface area (Å²) in [5.74, 6) is 1.06. The Morgan fingerprint density at radius 1 is 1.17 bits per heavy atom. The van der Waals surface area contributed by atoms with Gasteiger partial charge in [-0.05, 0) is 64.2 Å². The van der Waals surface area contributed by atoms with Gasteiger partial charge in [0, 0.05) is 30.3 Å². The maximum Gasteiger partial charge on any atom is 0.223 e. The van der Waals surface area contributed by atoms with Crippen LogP contribution >= 0.6 is 11.3 Å². The van der Waals surface area contributed by atoms with Gasteiger partial charge in [-0.25, -0.2) is 0 Å². The van der Waals surface area contributed by atoms with E-state index in [0.29, 0.717) is 12.2 Å². The van der Waals surface area contributed by atoms with Crippen molar-refractivity contribution in [2.45, 2.75) is 19.3 Å². The summed E-state index contributed by atoms with van der Waals surface area (Å²) in [6.07, 6.45) is 2.51. The van der Waals surface area contributed by atoms with Crippen molar-refractivity contribution < 1.29 is 4.79 Å². The normalized spacial score (nSPS) is 15.2. The standard InChI is InChI=1S/C20H21N7OS/c28-20(21-10-7-15-13-29-17-4-2-1-3-16(15)17)14-8-11-26(12-9-14)19-6-5-18-22-24-25-27(18)23-19/h1-6,13-14H,7-12H2,(H,21,28). The molecule has 8 nitrogen and oxygen atoms in total. The number of anilines is 1. The Balaban J connectivity index is 1.13. The summed E-state index contributed by atoms with van der Waals surface area (Å²) in [5, 5.41) is 22.4. The molecule has 1 saturated heterocycles. The second-order valence-electron chi connectivity index (χ2n) is 7.28. The number of amides is 1. The molecule has 1 N–H and O–H groups in total. The van der Waals surface area contributed by atoms with Crippen LogP contribution in [0.25, 0.3) is 15.7 Å². The molecule has 148 valence electrons. The van der Waals surface area contributed by atoms with Crippen molar-refractivity contribution in [1.29, 1.82) is 0 Å². The van der Waals surface area contributed by atoms with Crippen molar-refractivity contribution in [3.05, 3.63) is 47.3 Å². The number of piperidine rings is 1. The highest BCUT2D eigenvalue weighted by atomic mass is 32.1. The van der Waals surface area contributed by atoms with E-state index >= 15 is 0 Å². The zero-order chi connectivity index (χ0) is 19.6. The third-order valence-corrected chi connectivity index (χ3v) is 6.51. The van der Waals surface area contributed by atoms with Crippen LogP contribution in [0.3, 0.4) is 0 Å². The zero-order valence-electron chi connectivity index (χ0n) is 15.9.